The number of hydrogen-bond acceptors (Lipinski definition) is 1. The zero-order chi connectivity index (χ0) is 33.3. The fourth-order valence-corrected chi connectivity index (χ4v) is 22.6. The summed E-state index contributed by atoms with van der Waals surface area (Å²) in [4.78, 5) is 0. The molecule has 2 aliphatic rings. The van der Waals surface area contributed by atoms with Gasteiger partial charge < -0.3 is 4.74 Å². The molecule has 2 fully saturated rings. The van der Waals surface area contributed by atoms with Gasteiger partial charge in [0.05, 0.1) is 0 Å². The van der Waals surface area contributed by atoms with Gasteiger partial charge in [0.25, 0.3) is 0 Å². The predicted octanol–water partition coefficient (Wildman–Crippen LogP) is 11.8. The van der Waals surface area contributed by atoms with Crippen molar-refractivity contribution in [3.8, 4) is 0 Å². The van der Waals surface area contributed by atoms with Gasteiger partial charge >= 0.3 is 31.1 Å². The summed E-state index contributed by atoms with van der Waals surface area (Å²) < 4.78 is 4.94. The maximum atomic E-state index is 4.94. The first-order chi connectivity index (χ1) is 19.9. The second-order valence-electron chi connectivity index (χ2n) is 15.2. The summed E-state index contributed by atoms with van der Waals surface area (Å²) >= 11 is 0. The molecule has 0 aromatic heterocycles. The molecule has 1 heterocycles. The first-order valence-corrected chi connectivity index (χ1v) is 21.9. The van der Waals surface area contributed by atoms with Crippen LogP contribution in [0, 0.1) is 60.7 Å². The van der Waals surface area contributed by atoms with Crippen LogP contribution in [0.1, 0.15) is 131 Å². The summed E-state index contributed by atoms with van der Waals surface area (Å²) in [6.07, 6.45) is 2.56. The second-order valence-corrected chi connectivity index (χ2v) is 27.0. The van der Waals surface area contributed by atoms with Crippen LogP contribution in [0.3, 0.4) is 0 Å². The van der Waals surface area contributed by atoms with Gasteiger partial charge in [0.1, 0.15) is 0 Å². The van der Waals surface area contributed by atoms with Gasteiger partial charge in [-0.3, -0.25) is 11.3 Å². The molecule has 1 aromatic rings. The molecule has 0 amide bonds. The summed E-state index contributed by atoms with van der Waals surface area (Å²) in [5.41, 5.74) is 4.45. The van der Waals surface area contributed by atoms with Crippen LogP contribution in [0.2, 0.25) is 33.2 Å². The van der Waals surface area contributed by atoms with Gasteiger partial charge in [-0.05, 0) is 42.4 Å². The summed E-state index contributed by atoms with van der Waals surface area (Å²) in [6, 6.07) is 14.6. The Morgan fingerprint density at radius 1 is 0.545 bits per heavy atom. The van der Waals surface area contributed by atoms with E-state index in [4.69, 9.17) is 4.74 Å². The molecular formula is C40H71OSi2U+. The van der Waals surface area contributed by atoms with Crippen molar-refractivity contribution in [2.24, 2.45) is 0 Å². The van der Waals surface area contributed by atoms with E-state index < -0.39 is 16.1 Å². The van der Waals surface area contributed by atoms with Crippen LogP contribution in [-0.4, -0.2) is 29.4 Å². The fourth-order valence-electron chi connectivity index (χ4n) is 9.10. The van der Waals surface area contributed by atoms with E-state index in [1.165, 1.54) is 42.4 Å². The largest absolute Gasteiger partial charge is 3.00 e. The van der Waals surface area contributed by atoms with Crippen LogP contribution in [0.25, 0.3) is 0 Å². The second kappa shape index (κ2) is 20.0. The van der Waals surface area contributed by atoms with Crippen molar-refractivity contribution in [3.05, 3.63) is 66.0 Å². The molecule has 1 nitrogen and oxygen atoms in total. The number of hydrogen-bond donors (Lipinski definition) is 0. The van der Waals surface area contributed by atoms with Crippen molar-refractivity contribution in [2.75, 3.05) is 13.2 Å². The first kappa shape index (κ1) is 44.4. The van der Waals surface area contributed by atoms with Crippen LogP contribution in [0.4, 0.5) is 0 Å². The number of rotatable bonds is 8. The summed E-state index contributed by atoms with van der Waals surface area (Å²) in [5, 5.41) is 3.29. The Balaban J connectivity index is 0.000000934. The van der Waals surface area contributed by atoms with Crippen molar-refractivity contribution >= 4 is 26.5 Å². The van der Waals surface area contributed by atoms with E-state index >= 15 is 0 Å². The molecule has 0 spiro atoms. The van der Waals surface area contributed by atoms with Gasteiger partial charge in [-0.1, -0.05) is 151 Å². The Morgan fingerprint density at radius 3 is 1.16 bits per heavy atom. The van der Waals surface area contributed by atoms with E-state index in [2.05, 4.69) is 154 Å². The molecule has 248 valence electrons. The van der Waals surface area contributed by atoms with Crippen molar-refractivity contribution in [2.45, 2.75) is 164 Å². The third-order valence-electron chi connectivity index (χ3n) is 11.5. The van der Waals surface area contributed by atoms with E-state index in [0.29, 0.717) is 0 Å². The van der Waals surface area contributed by atoms with Gasteiger partial charge in [-0.15, -0.1) is 0 Å². The van der Waals surface area contributed by atoms with E-state index in [0.717, 1.165) is 46.5 Å². The van der Waals surface area contributed by atoms with Crippen molar-refractivity contribution < 1.29 is 35.9 Å². The zero-order valence-electron chi connectivity index (χ0n) is 32.2. The Labute approximate surface area is 303 Å². The van der Waals surface area contributed by atoms with Gasteiger partial charge in [-0.25, -0.2) is 23.4 Å². The van der Waals surface area contributed by atoms with Crippen molar-refractivity contribution in [3.63, 3.8) is 0 Å². The standard InChI is InChI=1S/C26H48Si2.C10H15.C4H8O.U/c1-19(2)27(20(3)4,21(5)6)25-15-13-14-16-26(18-17-25)28(22(7)8,23(9)10)24(11)12;1-6-7(2)9(4)10(5)8(6)3;1-2-4-5-3-1;/h13-24H,1-12H3;1-5H3;1-4H2;/q-2;;;+3. The average molecular weight is 862 g/mol. The van der Waals surface area contributed by atoms with Crippen molar-refractivity contribution in [1.82, 2.24) is 0 Å². The Hall–Kier alpha value is 0.406. The molecular weight excluding hydrogens is 791 g/mol. The monoisotopic (exact) mass is 862 g/mol. The predicted molar refractivity (Wildman–Crippen MR) is 201 cm³/mol. The van der Waals surface area contributed by atoms with E-state index in [1.807, 2.05) is 0 Å². The maximum absolute atomic E-state index is 4.94. The topological polar surface area (TPSA) is 9.23 Å². The van der Waals surface area contributed by atoms with Crippen LogP contribution in [0.15, 0.2) is 36.4 Å². The molecule has 0 atom stereocenters. The Bertz CT molecular complexity index is 798. The van der Waals surface area contributed by atoms with Crippen molar-refractivity contribution in [1.29, 1.82) is 0 Å². The molecule has 0 N–H and O–H groups in total. The van der Waals surface area contributed by atoms with E-state index in [9.17, 15) is 0 Å². The zero-order valence-corrected chi connectivity index (χ0v) is 38.3. The quantitative estimate of drug-likeness (QED) is 0.187. The molecule has 1 saturated carbocycles. The van der Waals surface area contributed by atoms with Gasteiger partial charge in [0.2, 0.25) is 0 Å². The molecule has 1 aliphatic heterocycles. The smallest absolute Gasteiger partial charge is 0.381 e. The molecule has 4 heteroatoms. The van der Waals surface area contributed by atoms with Crippen LogP contribution in [-0.2, 0) is 4.74 Å². The molecule has 6 radical (unpaired) electrons. The minimum Gasteiger partial charge on any atom is -0.381 e. The summed E-state index contributed by atoms with van der Waals surface area (Å²) in [5.74, 6) is 7.34. The molecule has 1 saturated heterocycles. The van der Waals surface area contributed by atoms with Crippen LogP contribution < -0.4 is 10.4 Å². The number of ether oxygens (including phenoxy) is 1. The summed E-state index contributed by atoms with van der Waals surface area (Å²) in [7, 11) is -3.28. The molecule has 0 bridgehead atoms. The normalized spacial score (nSPS) is 17.8. The molecule has 1 aromatic carbocycles. The molecule has 0 unspecified atom stereocenters. The Morgan fingerprint density at radius 2 is 0.886 bits per heavy atom. The van der Waals surface area contributed by atoms with Crippen LogP contribution in [0.5, 0.6) is 0 Å². The molecule has 44 heavy (non-hydrogen) atoms. The first-order valence-electron chi connectivity index (χ1n) is 17.5. The third kappa shape index (κ3) is 9.97. The molecule has 3 rings (SSSR count). The van der Waals surface area contributed by atoms with Gasteiger partial charge in [-0.2, -0.15) is 12.1 Å². The molecule has 1 aliphatic carbocycles. The fraction of sp³-hybridized carbons (Fsp3) is 0.675. The van der Waals surface area contributed by atoms with Gasteiger partial charge in [0, 0.05) is 29.4 Å². The minimum absolute atomic E-state index is 0. The van der Waals surface area contributed by atoms with E-state index in [-0.39, 0.29) is 31.1 Å². The SMILES string of the molecule is C1CCOC1.CC(C)[Si](c1cc[cH-]cc([Si](C(C)C)(C(C)C)C(C)C)[cH-]c1)(C(C)C)C(C)C.C[C]1[C](C)[C](C)[C](C)[C]1C.[U+3]. The summed E-state index contributed by atoms with van der Waals surface area (Å²) in [6.45, 7) is 42.6. The average Bonchev–Trinajstić information content (AvgIpc) is 3.53. The van der Waals surface area contributed by atoms with E-state index in [1.54, 1.807) is 10.4 Å². The van der Waals surface area contributed by atoms with Gasteiger partial charge in [0.15, 0.2) is 0 Å². The Kier molecular flexibility index (Phi) is 20.2. The maximum Gasteiger partial charge on any atom is 3.00 e. The van der Waals surface area contributed by atoms with Crippen LogP contribution >= 0.6 is 0 Å². The third-order valence-corrected chi connectivity index (χ3v) is 25.6. The minimum atomic E-state index is -1.64.